The number of carbonyl (C=O) groups is 1. The summed E-state index contributed by atoms with van der Waals surface area (Å²) in [6.07, 6.45) is -3.21. The molecule has 2 rings (SSSR count). The minimum Gasteiger partial charge on any atom is -0.341 e. The maximum absolute atomic E-state index is 12.0. The molecule has 0 fully saturated rings. The number of nitrogens with one attached hydrogen (secondary N) is 1. The molecule has 0 spiro atoms. The molecule has 0 saturated heterocycles. The fourth-order valence-electron chi connectivity index (χ4n) is 1.39. The average molecular weight is 349 g/mol. The van der Waals surface area contributed by atoms with Crippen molar-refractivity contribution in [2.45, 2.75) is 6.18 Å². The lowest BCUT2D eigenvalue weighted by Crippen LogP contribution is -2.33. The van der Waals surface area contributed by atoms with E-state index in [-0.39, 0.29) is 5.69 Å². The SMILES string of the molecule is O=C(NCC(F)(F)F)c1cn(-c2ccccc2Br)nn1. The summed E-state index contributed by atoms with van der Waals surface area (Å²) in [5, 5.41) is 8.98. The van der Waals surface area contributed by atoms with E-state index in [4.69, 9.17) is 0 Å². The van der Waals surface area contributed by atoms with Crippen LogP contribution in [0.5, 0.6) is 0 Å². The Hall–Kier alpha value is -1.90. The standard InChI is InChI=1S/C11H8BrF3N4O/c12-7-3-1-2-4-9(7)19-5-8(17-18-19)10(20)16-6-11(13,14)15/h1-5H,6H2,(H,16,20). The van der Waals surface area contributed by atoms with Crippen molar-refractivity contribution < 1.29 is 18.0 Å². The summed E-state index contributed by atoms with van der Waals surface area (Å²) in [5.74, 6) is -0.930. The van der Waals surface area contributed by atoms with Gasteiger partial charge < -0.3 is 5.32 Å². The summed E-state index contributed by atoms with van der Waals surface area (Å²) in [4.78, 5) is 11.5. The van der Waals surface area contributed by atoms with Crippen molar-refractivity contribution in [1.29, 1.82) is 0 Å². The molecule has 0 radical (unpaired) electrons. The molecule has 2 aromatic rings. The summed E-state index contributed by atoms with van der Waals surface area (Å²) in [7, 11) is 0. The molecule has 1 aromatic heterocycles. The average Bonchev–Trinajstić information content (AvgIpc) is 2.85. The van der Waals surface area contributed by atoms with Crippen LogP contribution in [-0.4, -0.2) is 33.6 Å². The zero-order valence-electron chi connectivity index (χ0n) is 9.86. The lowest BCUT2D eigenvalue weighted by Gasteiger charge is -2.06. The van der Waals surface area contributed by atoms with Crippen molar-refractivity contribution in [3.8, 4) is 5.69 Å². The van der Waals surface area contributed by atoms with Crippen LogP contribution in [0, 0.1) is 0 Å². The highest BCUT2D eigenvalue weighted by atomic mass is 79.9. The third-order valence-electron chi connectivity index (χ3n) is 2.27. The largest absolute Gasteiger partial charge is 0.405 e. The van der Waals surface area contributed by atoms with Gasteiger partial charge in [0.2, 0.25) is 0 Å². The number of nitrogens with zero attached hydrogens (tertiary/aromatic N) is 3. The van der Waals surface area contributed by atoms with E-state index in [0.29, 0.717) is 10.2 Å². The topological polar surface area (TPSA) is 59.8 Å². The number of hydrogen-bond acceptors (Lipinski definition) is 3. The van der Waals surface area contributed by atoms with Crippen molar-refractivity contribution in [1.82, 2.24) is 20.3 Å². The van der Waals surface area contributed by atoms with Crippen LogP contribution < -0.4 is 5.32 Å². The first-order chi connectivity index (χ1) is 9.37. The number of alkyl halides is 3. The summed E-state index contributed by atoms with van der Waals surface area (Å²) >= 11 is 3.30. The lowest BCUT2D eigenvalue weighted by molar-refractivity contribution is -0.123. The second-order valence-electron chi connectivity index (χ2n) is 3.80. The lowest BCUT2D eigenvalue weighted by atomic mass is 10.3. The molecule has 0 aliphatic carbocycles. The van der Waals surface area contributed by atoms with E-state index in [9.17, 15) is 18.0 Å². The van der Waals surface area contributed by atoms with Gasteiger partial charge in [-0.1, -0.05) is 17.3 Å². The molecule has 20 heavy (non-hydrogen) atoms. The van der Waals surface area contributed by atoms with Gasteiger partial charge in [-0.15, -0.1) is 5.10 Å². The monoisotopic (exact) mass is 348 g/mol. The molecule has 0 bridgehead atoms. The summed E-state index contributed by atoms with van der Waals surface area (Å²) in [6.45, 7) is -1.41. The van der Waals surface area contributed by atoms with Gasteiger partial charge in [0.05, 0.1) is 11.9 Å². The predicted molar refractivity (Wildman–Crippen MR) is 67.4 cm³/mol. The molecule has 0 unspecified atom stereocenters. The third-order valence-corrected chi connectivity index (χ3v) is 2.95. The molecule has 0 saturated carbocycles. The molecule has 5 nitrogen and oxygen atoms in total. The van der Waals surface area contributed by atoms with E-state index in [0.717, 1.165) is 0 Å². The highest BCUT2D eigenvalue weighted by molar-refractivity contribution is 9.10. The van der Waals surface area contributed by atoms with E-state index in [1.54, 1.807) is 29.6 Å². The van der Waals surface area contributed by atoms with Crippen LogP contribution in [0.1, 0.15) is 10.5 Å². The Kier molecular flexibility index (Phi) is 4.07. The summed E-state index contributed by atoms with van der Waals surface area (Å²) in [6, 6.07) is 7.03. The molecule has 1 amide bonds. The van der Waals surface area contributed by atoms with Crippen molar-refractivity contribution in [3.63, 3.8) is 0 Å². The van der Waals surface area contributed by atoms with Gasteiger partial charge in [0.1, 0.15) is 6.54 Å². The van der Waals surface area contributed by atoms with Crippen LogP contribution in [0.15, 0.2) is 34.9 Å². The second kappa shape index (κ2) is 5.61. The van der Waals surface area contributed by atoms with E-state index in [2.05, 4.69) is 26.2 Å². The normalized spacial score (nSPS) is 11.4. The van der Waals surface area contributed by atoms with Gasteiger partial charge in [-0.05, 0) is 28.1 Å². The molecule has 0 aliphatic heterocycles. The molecular formula is C11H8BrF3N4O. The Balaban J connectivity index is 2.13. The van der Waals surface area contributed by atoms with Crippen LogP contribution in [0.4, 0.5) is 13.2 Å². The predicted octanol–water partition coefficient (Wildman–Crippen LogP) is 2.32. The van der Waals surface area contributed by atoms with Gasteiger partial charge in [0.25, 0.3) is 5.91 Å². The number of hydrogen-bond donors (Lipinski definition) is 1. The maximum atomic E-state index is 12.0. The van der Waals surface area contributed by atoms with Gasteiger partial charge in [-0.25, -0.2) is 4.68 Å². The molecule has 0 aliphatic rings. The smallest absolute Gasteiger partial charge is 0.341 e. The number of halogens is 4. The van der Waals surface area contributed by atoms with E-state index >= 15 is 0 Å². The Morgan fingerprint density at radius 1 is 1.35 bits per heavy atom. The molecule has 1 N–H and O–H groups in total. The van der Waals surface area contributed by atoms with Crippen molar-refractivity contribution >= 4 is 21.8 Å². The Bertz CT molecular complexity index is 626. The molecule has 0 atom stereocenters. The Morgan fingerprint density at radius 3 is 2.70 bits per heavy atom. The number of amides is 1. The fraction of sp³-hybridized carbons (Fsp3) is 0.182. The van der Waals surface area contributed by atoms with E-state index in [1.807, 2.05) is 0 Å². The van der Waals surface area contributed by atoms with Gasteiger partial charge >= 0.3 is 6.18 Å². The highest BCUT2D eigenvalue weighted by Crippen LogP contribution is 2.19. The summed E-state index contributed by atoms with van der Waals surface area (Å²) < 4.78 is 38.0. The number of rotatable bonds is 3. The maximum Gasteiger partial charge on any atom is 0.405 e. The van der Waals surface area contributed by atoms with Gasteiger partial charge in [0, 0.05) is 4.47 Å². The van der Waals surface area contributed by atoms with Gasteiger partial charge in [0.15, 0.2) is 5.69 Å². The Morgan fingerprint density at radius 2 is 2.05 bits per heavy atom. The molecule has 106 valence electrons. The first-order valence-corrected chi connectivity index (χ1v) is 6.18. The first kappa shape index (κ1) is 14.5. The Labute approximate surface area is 119 Å². The molecule has 1 heterocycles. The van der Waals surface area contributed by atoms with Crippen LogP contribution >= 0.6 is 15.9 Å². The zero-order valence-corrected chi connectivity index (χ0v) is 11.4. The zero-order chi connectivity index (χ0) is 14.8. The quantitative estimate of drug-likeness (QED) is 0.925. The van der Waals surface area contributed by atoms with Crippen LogP contribution in [0.25, 0.3) is 5.69 Å². The third kappa shape index (κ3) is 3.56. The first-order valence-electron chi connectivity index (χ1n) is 5.39. The van der Waals surface area contributed by atoms with E-state index < -0.39 is 18.6 Å². The number of carbonyl (C=O) groups excluding carboxylic acids is 1. The van der Waals surface area contributed by atoms with Crippen molar-refractivity contribution in [3.05, 3.63) is 40.6 Å². The molecule has 1 aromatic carbocycles. The van der Waals surface area contributed by atoms with Gasteiger partial charge in [-0.3, -0.25) is 4.79 Å². The number of benzene rings is 1. The van der Waals surface area contributed by atoms with Crippen LogP contribution in [0.2, 0.25) is 0 Å². The van der Waals surface area contributed by atoms with Crippen molar-refractivity contribution in [2.75, 3.05) is 6.54 Å². The van der Waals surface area contributed by atoms with E-state index in [1.165, 1.54) is 10.9 Å². The second-order valence-corrected chi connectivity index (χ2v) is 4.65. The fourth-order valence-corrected chi connectivity index (χ4v) is 1.86. The number of para-hydroxylation sites is 1. The highest BCUT2D eigenvalue weighted by Gasteiger charge is 2.28. The number of aromatic nitrogens is 3. The molecule has 9 heteroatoms. The van der Waals surface area contributed by atoms with Gasteiger partial charge in [-0.2, -0.15) is 13.2 Å². The minimum atomic E-state index is -4.46. The molecular weight excluding hydrogens is 341 g/mol. The summed E-state index contributed by atoms with van der Waals surface area (Å²) in [5.41, 5.74) is 0.430. The minimum absolute atomic E-state index is 0.190. The van der Waals surface area contributed by atoms with Crippen molar-refractivity contribution in [2.24, 2.45) is 0 Å². The van der Waals surface area contributed by atoms with Crippen LogP contribution in [-0.2, 0) is 0 Å². The van der Waals surface area contributed by atoms with Crippen LogP contribution in [0.3, 0.4) is 0 Å².